The van der Waals surface area contributed by atoms with E-state index in [0.717, 1.165) is 26.9 Å². The third-order valence-corrected chi connectivity index (χ3v) is 5.18. The van der Waals surface area contributed by atoms with Crippen molar-refractivity contribution in [3.8, 4) is 0 Å². The van der Waals surface area contributed by atoms with Gasteiger partial charge in [0.1, 0.15) is 6.54 Å². The Morgan fingerprint density at radius 1 is 0.923 bits per heavy atom. The first-order chi connectivity index (χ1) is 12.4. The summed E-state index contributed by atoms with van der Waals surface area (Å²) in [6.07, 6.45) is 1.11. The third kappa shape index (κ3) is 4.21. The summed E-state index contributed by atoms with van der Waals surface area (Å²) in [6.45, 7) is 0.0898. The monoisotopic (exact) mass is 368 g/mol. The van der Waals surface area contributed by atoms with Crippen LogP contribution in [0.4, 0.5) is 5.69 Å². The van der Waals surface area contributed by atoms with Crippen LogP contribution in [0.5, 0.6) is 0 Å². The molecular weight excluding hydrogens is 348 g/mol. The van der Waals surface area contributed by atoms with E-state index < -0.39 is 10.0 Å². The lowest BCUT2D eigenvalue weighted by Gasteiger charge is -2.23. The Kier molecular flexibility index (Phi) is 5.23. The van der Waals surface area contributed by atoms with Gasteiger partial charge >= 0.3 is 0 Å². The molecular formula is C20H20N2O3S. The molecule has 0 spiro atoms. The van der Waals surface area contributed by atoms with E-state index in [-0.39, 0.29) is 12.5 Å². The summed E-state index contributed by atoms with van der Waals surface area (Å²) in [5.41, 5.74) is 1.46. The molecule has 0 saturated carbocycles. The van der Waals surface area contributed by atoms with Crippen LogP contribution in [0, 0.1) is 0 Å². The Hall–Kier alpha value is -2.86. The van der Waals surface area contributed by atoms with Gasteiger partial charge in [-0.15, -0.1) is 0 Å². The Labute approximate surface area is 153 Å². The van der Waals surface area contributed by atoms with Crippen molar-refractivity contribution >= 4 is 32.4 Å². The van der Waals surface area contributed by atoms with E-state index >= 15 is 0 Å². The minimum absolute atomic E-state index is 0.264. The molecule has 0 atom stereocenters. The van der Waals surface area contributed by atoms with E-state index in [9.17, 15) is 13.2 Å². The largest absolute Gasteiger partial charge is 0.350 e. The van der Waals surface area contributed by atoms with Crippen molar-refractivity contribution in [2.45, 2.75) is 6.54 Å². The number of anilines is 1. The molecule has 3 rings (SSSR count). The summed E-state index contributed by atoms with van der Waals surface area (Å²) in [5.74, 6) is -0.354. The van der Waals surface area contributed by atoms with Gasteiger partial charge in [-0.05, 0) is 17.0 Å². The molecule has 0 aliphatic carbocycles. The van der Waals surface area contributed by atoms with E-state index in [0.29, 0.717) is 12.2 Å². The second-order valence-electron chi connectivity index (χ2n) is 6.03. The zero-order valence-electron chi connectivity index (χ0n) is 14.4. The molecule has 0 radical (unpaired) electrons. The maximum atomic E-state index is 12.4. The van der Waals surface area contributed by atoms with Crippen LogP contribution in [-0.2, 0) is 21.4 Å². The zero-order valence-corrected chi connectivity index (χ0v) is 15.2. The van der Waals surface area contributed by atoms with Gasteiger partial charge in [-0.25, -0.2) is 8.42 Å². The van der Waals surface area contributed by atoms with Gasteiger partial charge in [0.15, 0.2) is 0 Å². The predicted octanol–water partition coefficient (Wildman–Crippen LogP) is 2.92. The minimum atomic E-state index is -3.61. The van der Waals surface area contributed by atoms with Crippen molar-refractivity contribution in [2.24, 2.45) is 0 Å². The van der Waals surface area contributed by atoms with Crippen LogP contribution in [-0.4, -0.2) is 27.1 Å². The molecule has 6 heteroatoms. The summed E-state index contributed by atoms with van der Waals surface area (Å²) in [7, 11) is -3.61. The maximum absolute atomic E-state index is 12.4. The van der Waals surface area contributed by atoms with E-state index in [1.165, 1.54) is 0 Å². The predicted molar refractivity (Wildman–Crippen MR) is 104 cm³/mol. The lowest BCUT2D eigenvalue weighted by molar-refractivity contribution is -0.119. The number of sulfonamides is 1. The highest BCUT2D eigenvalue weighted by atomic mass is 32.2. The second kappa shape index (κ2) is 7.58. The molecule has 0 saturated heterocycles. The number of nitrogens with zero attached hydrogens (tertiary/aromatic N) is 1. The number of amides is 1. The highest BCUT2D eigenvalue weighted by Crippen LogP contribution is 2.28. The Morgan fingerprint density at radius 2 is 1.58 bits per heavy atom. The van der Waals surface area contributed by atoms with Gasteiger partial charge in [0.05, 0.1) is 11.9 Å². The van der Waals surface area contributed by atoms with Crippen LogP contribution >= 0.6 is 0 Å². The fourth-order valence-electron chi connectivity index (χ4n) is 2.79. The first kappa shape index (κ1) is 17.9. The van der Waals surface area contributed by atoms with Crippen LogP contribution in [0.15, 0.2) is 72.8 Å². The Balaban J connectivity index is 1.84. The standard InChI is InChI=1S/C20H20N2O3S/c1-26(24,25)22(15-20(23)21-14-16-8-3-2-4-9-16)19-13-7-11-17-10-5-6-12-18(17)19/h2-13H,14-15H2,1H3,(H,21,23). The van der Waals surface area contributed by atoms with Gasteiger partial charge < -0.3 is 5.32 Å². The molecule has 1 N–H and O–H groups in total. The normalized spacial score (nSPS) is 11.3. The quantitative estimate of drug-likeness (QED) is 0.727. The number of carbonyl (C=O) groups is 1. The van der Waals surface area contributed by atoms with Gasteiger partial charge in [0.25, 0.3) is 0 Å². The van der Waals surface area contributed by atoms with Crippen molar-refractivity contribution in [3.63, 3.8) is 0 Å². The van der Waals surface area contributed by atoms with Crippen molar-refractivity contribution < 1.29 is 13.2 Å². The smallest absolute Gasteiger partial charge is 0.241 e. The van der Waals surface area contributed by atoms with Gasteiger partial charge in [-0.1, -0.05) is 66.7 Å². The number of hydrogen-bond donors (Lipinski definition) is 1. The first-order valence-corrected chi connectivity index (χ1v) is 10.1. The molecule has 0 unspecified atom stereocenters. The Bertz CT molecular complexity index is 1010. The van der Waals surface area contributed by atoms with Crippen molar-refractivity contribution in [2.75, 3.05) is 17.1 Å². The SMILES string of the molecule is CS(=O)(=O)N(CC(=O)NCc1ccccc1)c1cccc2ccccc12. The zero-order chi connectivity index (χ0) is 18.6. The molecule has 0 fully saturated rings. The van der Waals surface area contributed by atoms with Crippen LogP contribution < -0.4 is 9.62 Å². The number of carbonyl (C=O) groups excluding carboxylic acids is 1. The van der Waals surface area contributed by atoms with Crippen molar-refractivity contribution in [1.82, 2.24) is 5.32 Å². The first-order valence-electron chi connectivity index (χ1n) is 8.21. The average molecular weight is 368 g/mol. The van der Waals surface area contributed by atoms with Crippen LogP contribution in [0.25, 0.3) is 10.8 Å². The van der Waals surface area contributed by atoms with E-state index in [4.69, 9.17) is 0 Å². The minimum Gasteiger partial charge on any atom is -0.350 e. The lowest BCUT2D eigenvalue weighted by Crippen LogP contribution is -2.40. The van der Waals surface area contributed by atoms with E-state index in [1.54, 1.807) is 12.1 Å². The maximum Gasteiger partial charge on any atom is 0.241 e. The molecule has 0 aromatic heterocycles. The summed E-state index contributed by atoms with van der Waals surface area (Å²) in [6, 6.07) is 22.4. The highest BCUT2D eigenvalue weighted by molar-refractivity contribution is 7.92. The molecule has 3 aromatic carbocycles. The third-order valence-electron chi connectivity index (χ3n) is 4.06. The molecule has 1 amide bonds. The van der Waals surface area contributed by atoms with Gasteiger partial charge in [-0.2, -0.15) is 0 Å². The van der Waals surface area contributed by atoms with E-state index in [1.807, 2.05) is 60.7 Å². The fraction of sp³-hybridized carbons (Fsp3) is 0.150. The van der Waals surface area contributed by atoms with Gasteiger partial charge in [-0.3, -0.25) is 9.10 Å². The highest BCUT2D eigenvalue weighted by Gasteiger charge is 2.22. The topological polar surface area (TPSA) is 66.5 Å². The molecule has 0 aliphatic rings. The van der Waals surface area contributed by atoms with Crippen molar-refractivity contribution in [1.29, 1.82) is 0 Å². The number of fused-ring (bicyclic) bond motifs is 1. The number of benzene rings is 3. The summed E-state index contributed by atoms with van der Waals surface area (Å²) in [5, 5.41) is 4.48. The number of hydrogen-bond acceptors (Lipinski definition) is 3. The fourth-order valence-corrected chi connectivity index (χ4v) is 3.66. The number of nitrogens with one attached hydrogen (secondary N) is 1. The van der Waals surface area contributed by atoms with E-state index in [2.05, 4.69) is 5.32 Å². The van der Waals surface area contributed by atoms with Crippen molar-refractivity contribution in [3.05, 3.63) is 78.4 Å². The summed E-state index contributed by atoms with van der Waals surface area (Å²) in [4.78, 5) is 12.4. The lowest BCUT2D eigenvalue weighted by atomic mass is 10.1. The average Bonchev–Trinajstić information content (AvgIpc) is 2.64. The molecule has 0 heterocycles. The van der Waals surface area contributed by atoms with Crippen LogP contribution in [0.2, 0.25) is 0 Å². The molecule has 26 heavy (non-hydrogen) atoms. The number of rotatable bonds is 6. The van der Waals surface area contributed by atoms with Crippen LogP contribution in [0.1, 0.15) is 5.56 Å². The summed E-state index contributed by atoms with van der Waals surface area (Å²) >= 11 is 0. The molecule has 3 aromatic rings. The molecule has 0 aliphatic heterocycles. The van der Waals surface area contributed by atoms with Gasteiger partial charge in [0.2, 0.25) is 15.9 Å². The van der Waals surface area contributed by atoms with Gasteiger partial charge in [0, 0.05) is 11.9 Å². The molecule has 134 valence electrons. The molecule has 0 bridgehead atoms. The van der Waals surface area contributed by atoms with Crippen LogP contribution in [0.3, 0.4) is 0 Å². The summed E-state index contributed by atoms with van der Waals surface area (Å²) < 4.78 is 25.8. The molecule has 5 nitrogen and oxygen atoms in total. The Morgan fingerprint density at radius 3 is 2.31 bits per heavy atom. The second-order valence-corrected chi connectivity index (χ2v) is 7.94.